The van der Waals surface area contributed by atoms with Crippen LogP contribution in [0.15, 0.2) is 191 Å². The van der Waals surface area contributed by atoms with Gasteiger partial charge in [-0.2, -0.15) is 10.2 Å². The number of benzene rings is 6. The van der Waals surface area contributed by atoms with E-state index < -0.39 is 65.5 Å². The Bertz CT molecular complexity index is 2910. The molecule has 6 aromatic rings. The second-order valence-corrected chi connectivity index (χ2v) is 13.4. The first-order chi connectivity index (χ1) is 30.9. The zero-order valence-corrected chi connectivity index (χ0v) is 37.0. The molecule has 0 spiro atoms. The van der Waals surface area contributed by atoms with Gasteiger partial charge < -0.3 is 10.6 Å². The van der Waals surface area contributed by atoms with Crippen molar-refractivity contribution >= 4 is 78.7 Å². The van der Waals surface area contributed by atoms with E-state index in [1.165, 1.54) is 0 Å². The molecule has 1 radical (unpaired) electrons. The number of nitrogens with one attached hydrogen (secondary N) is 2. The van der Waals surface area contributed by atoms with Crippen LogP contribution in [0.25, 0.3) is 32.2 Å². The van der Waals surface area contributed by atoms with Gasteiger partial charge in [0.2, 0.25) is 0 Å². The van der Waals surface area contributed by atoms with E-state index in [1.54, 1.807) is 12.1 Å². The molecule has 0 aliphatic heterocycles. The number of allylic oxidation sites excluding steroid dienone is 6. The van der Waals surface area contributed by atoms with Crippen molar-refractivity contribution in [3.8, 4) is 0 Å². The number of para-hydroxylation sites is 2. The van der Waals surface area contributed by atoms with Gasteiger partial charge in [-0.25, -0.2) is 0 Å². The van der Waals surface area contributed by atoms with E-state index in [0.717, 1.165) is 33.7 Å². The summed E-state index contributed by atoms with van der Waals surface area (Å²) in [6, 6.07) is 40.4. The maximum Gasteiger partial charge on any atom is 1.00 e. The second kappa shape index (κ2) is 21.9. The van der Waals surface area contributed by atoms with Crippen molar-refractivity contribution in [2.24, 2.45) is 10.2 Å². The quantitative estimate of drug-likeness (QED) is 0.0561. The second-order valence-electron chi connectivity index (χ2n) is 13.4. The zero-order valence-electron chi connectivity index (χ0n) is 34.0. The number of nitrogens with zero attached hydrogens (tertiary/aromatic N) is 8. The molecule has 0 bridgehead atoms. The van der Waals surface area contributed by atoms with Crippen LogP contribution >= 0.6 is 0 Å². The molecule has 0 fully saturated rings. The first-order valence-electron chi connectivity index (χ1n) is 18.7. The minimum atomic E-state index is -1.03. The third-order valence-electron chi connectivity index (χ3n) is 9.29. The number of rotatable bonds is 12. The number of nitro groups is 4. The van der Waals surface area contributed by atoms with Gasteiger partial charge in [0.15, 0.2) is 0 Å². The van der Waals surface area contributed by atoms with Gasteiger partial charge in [-0.15, -0.1) is 22.7 Å². The number of carbonyl (C=O) groups is 2. The molecular formula is C44H28CoN10NaO10-. The molecule has 0 amide bonds. The van der Waals surface area contributed by atoms with Crippen molar-refractivity contribution in [1.82, 2.24) is 0 Å². The number of anilines is 2. The summed E-state index contributed by atoms with van der Waals surface area (Å²) >= 11 is 0. The molecule has 0 saturated carbocycles. The molecule has 325 valence electrons. The molecule has 0 atom stereocenters. The molecule has 6 aromatic carbocycles. The van der Waals surface area contributed by atoms with Gasteiger partial charge in [-0.05, 0) is 10.8 Å². The minimum absolute atomic E-state index is 0. The maximum absolute atomic E-state index is 12.4. The van der Waals surface area contributed by atoms with Crippen LogP contribution in [-0.2, 0) is 26.4 Å². The molecule has 8 rings (SSSR count). The summed E-state index contributed by atoms with van der Waals surface area (Å²) in [6.45, 7) is 0. The Morgan fingerprint density at radius 2 is 0.788 bits per heavy atom. The summed E-state index contributed by atoms with van der Waals surface area (Å²) in [4.78, 5) is 65.9. The standard InChI is InChI=1S/2C22H15N5O5.Co.Na/c2*28-22-19(12-16(26(29)30)13-20(22)27(31)32)24-25-21-17-9-5-4-6-14(17)10-11-18(21)23-15-7-2-1-3-8-15;;/h2*1-13H,(H2,23,24,25,28);;/q;;;+1/p-2. The fourth-order valence-electron chi connectivity index (χ4n) is 6.27. The third kappa shape index (κ3) is 11.3. The number of ketones is 2. The van der Waals surface area contributed by atoms with E-state index in [-0.39, 0.29) is 46.3 Å². The monoisotopic (exact) mass is 938 g/mol. The van der Waals surface area contributed by atoms with Crippen molar-refractivity contribution in [2.75, 3.05) is 10.9 Å². The van der Waals surface area contributed by atoms with Gasteiger partial charge in [-0.1, -0.05) is 133 Å². The van der Waals surface area contributed by atoms with Crippen LogP contribution < -0.4 is 40.4 Å². The van der Waals surface area contributed by atoms with Gasteiger partial charge in [0, 0.05) is 51.1 Å². The molecule has 0 saturated heterocycles. The number of fused-ring (bicyclic) bond motifs is 2. The van der Waals surface area contributed by atoms with Crippen LogP contribution in [0.1, 0.15) is 0 Å². The molecule has 0 aromatic heterocycles. The largest absolute Gasteiger partial charge is 1.00 e. The first-order valence-corrected chi connectivity index (χ1v) is 18.7. The third-order valence-corrected chi connectivity index (χ3v) is 9.29. The minimum Gasteiger partial charge on any atom is -0.656 e. The fourth-order valence-corrected chi connectivity index (χ4v) is 6.27. The van der Waals surface area contributed by atoms with Crippen molar-refractivity contribution in [3.63, 3.8) is 0 Å². The van der Waals surface area contributed by atoms with Gasteiger partial charge in [0.25, 0.3) is 23.0 Å². The Labute approximate surface area is 404 Å². The number of hydrogen-bond donors (Lipinski definition) is 2. The SMILES string of the molecule is O=C1C([N+](=O)[O-])=CC([N+](=O)[O-])=C/C1=N/Nc1c([N-]c2ccccc2)ccc2ccccc12.O=C1C([N+](=O)[O-])=CC([N+](=O)[O-])=C/C1=N/Nc1c([N-]c2ccccc2)ccc2ccccc12.[Co].[Na+]. The van der Waals surface area contributed by atoms with Crippen LogP contribution in [0.3, 0.4) is 0 Å². The number of Topliss-reactive ketones (excluding diaryl/α,β-unsaturated/α-hetero) is 2. The predicted octanol–water partition coefficient (Wildman–Crippen LogP) is 6.70. The molecule has 2 aliphatic rings. The Kier molecular flexibility index (Phi) is 16.2. The number of hydrazone groups is 2. The van der Waals surface area contributed by atoms with Crippen LogP contribution in [0.5, 0.6) is 0 Å². The maximum atomic E-state index is 12.4. The van der Waals surface area contributed by atoms with Crippen LogP contribution in [0.4, 0.5) is 34.1 Å². The van der Waals surface area contributed by atoms with Gasteiger partial charge >= 0.3 is 41.0 Å². The van der Waals surface area contributed by atoms with E-state index in [4.69, 9.17) is 0 Å². The molecule has 0 heterocycles. The first kappa shape index (κ1) is 48.8. The van der Waals surface area contributed by atoms with Crippen molar-refractivity contribution in [1.29, 1.82) is 0 Å². The summed E-state index contributed by atoms with van der Waals surface area (Å²) < 4.78 is 0. The molecule has 0 unspecified atom stereocenters. The normalized spacial score (nSPS) is 14.2. The van der Waals surface area contributed by atoms with E-state index in [1.807, 2.05) is 121 Å². The van der Waals surface area contributed by atoms with Gasteiger partial charge in [-0.3, -0.25) is 60.9 Å². The van der Waals surface area contributed by atoms with E-state index in [0.29, 0.717) is 46.3 Å². The Morgan fingerprint density at radius 1 is 0.439 bits per heavy atom. The summed E-state index contributed by atoms with van der Waals surface area (Å²) in [5, 5.41) is 65.0. The summed E-state index contributed by atoms with van der Waals surface area (Å²) in [7, 11) is 0. The van der Waals surface area contributed by atoms with Crippen LogP contribution in [0, 0.1) is 40.5 Å². The Morgan fingerprint density at radius 3 is 1.14 bits per heavy atom. The smallest absolute Gasteiger partial charge is 0.656 e. The average molecular weight is 939 g/mol. The van der Waals surface area contributed by atoms with E-state index in [9.17, 15) is 50.0 Å². The number of carbonyl (C=O) groups excluding carboxylic acids is 2. The fraction of sp³-hybridized carbons (Fsp3) is 0. The molecule has 66 heavy (non-hydrogen) atoms. The summed E-state index contributed by atoms with van der Waals surface area (Å²) in [6.07, 6.45) is 3.02. The van der Waals surface area contributed by atoms with E-state index in [2.05, 4.69) is 31.7 Å². The molecule has 20 nitrogen and oxygen atoms in total. The molecule has 2 aliphatic carbocycles. The topological polar surface area (TPSA) is 284 Å². The van der Waals surface area contributed by atoms with Crippen molar-refractivity contribution in [3.05, 3.63) is 232 Å². The average Bonchev–Trinajstić information content (AvgIpc) is 3.29. The summed E-state index contributed by atoms with van der Waals surface area (Å²) in [5.74, 6) is -2.07. The zero-order chi connectivity index (χ0) is 45.3. The Balaban J connectivity index is 0.000000240. The van der Waals surface area contributed by atoms with Gasteiger partial charge in [0.05, 0.1) is 31.8 Å². The molecule has 22 heteroatoms. The van der Waals surface area contributed by atoms with E-state index >= 15 is 0 Å². The van der Waals surface area contributed by atoms with Crippen LogP contribution in [0.2, 0.25) is 0 Å². The molecule has 2 N–H and O–H groups in total. The van der Waals surface area contributed by atoms with Crippen molar-refractivity contribution < 1.29 is 75.6 Å². The number of hydrogen-bond acceptors (Lipinski definition) is 14. The summed E-state index contributed by atoms with van der Waals surface area (Å²) in [5.41, 5.74) is 4.80. The Hall–Kier alpha value is -8.21. The predicted molar refractivity (Wildman–Crippen MR) is 239 cm³/mol. The van der Waals surface area contributed by atoms with Crippen LogP contribution in [-0.4, -0.2) is 42.7 Å². The van der Waals surface area contributed by atoms with Crippen molar-refractivity contribution in [2.45, 2.75) is 0 Å². The van der Waals surface area contributed by atoms with Gasteiger partial charge in [0.1, 0.15) is 11.4 Å². The molecular weight excluding hydrogens is 910 g/mol.